The number of aliphatic hydroxyl groups is 1. The van der Waals surface area contributed by atoms with Crippen LogP contribution in [-0.2, 0) is 4.79 Å². The lowest BCUT2D eigenvalue weighted by Crippen LogP contribution is -2.39. The molecule has 0 atom stereocenters. The topological polar surface area (TPSA) is 57.5 Å². The smallest absolute Gasteiger partial charge is 0.309 e. The van der Waals surface area contributed by atoms with Crippen molar-refractivity contribution >= 4 is 5.97 Å². The van der Waals surface area contributed by atoms with Gasteiger partial charge in [-0.3, -0.25) is 4.79 Å². The fourth-order valence-electron chi connectivity index (χ4n) is 2.88. The first-order chi connectivity index (χ1) is 7.36. The molecule has 2 N–H and O–H groups in total. The molecule has 3 nitrogen and oxygen atoms in total. The van der Waals surface area contributed by atoms with E-state index in [0.717, 1.165) is 25.7 Å². The highest BCUT2D eigenvalue weighted by Gasteiger charge is 2.41. The van der Waals surface area contributed by atoms with E-state index in [1.165, 1.54) is 6.42 Å². The lowest BCUT2D eigenvalue weighted by atomic mass is 9.70. The summed E-state index contributed by atoms with van der Waals surface area (Å²) in [5.41, 5.74) is -1.59. The van der Waals surface area contributed by atoms with Gasteiger partial charge in [-0.05, 0) is 33.1 Å². The number of hydrogen-bond acceptors (Lipinski definition) is 2. The molecule has 1 aliphatic carbocycles. The van der Waals surface area contributed by atoms with Crippen LogP contribution in [0.3, 0.4) is 0 Å². The molecule has 0 aromatic heterocycles. The maximum absolute atomic E-state index is 11.5. The molecule has 94 valence electrons. The number of carboxylic acids is 1. The van der Waals surface area contributed by atoms with Gasteiger partial charge in [-0.2, -0.15) is 0 Å². The summed E-state index contributed by atoms with van der Waals surface area (Å²) in [4.78, 5) is 11.5. The van der Waals surface area contributed by atoms with Crippen molar-refractivity contribution in [3.63, 3.8) is 0 Å². The van der Waals surface area contributed by atoms with Crippen molar-refractivity contribution in [3.05, 3.63) is 0 Å². The van der Waals surface area contributed by atoms with Crippen molar-refractivity contribution in [2.24, 2.45) is 5.41 Å². The highest BCUT2D eigenvalue weighted by Crippen LogP contribution is 2.40. The van der Waals surface area contributed by atoms with Gasteiger partial charge < -0.3 is 10.2 Å². The molecule has 0 aromatic rings. The van der Waals surface area contributed by atoms with E-state index in [1.54, 1.807) is 13.8 Å². The van der Waals surface area contributed by atoms with Gasteiger partial charge in [-0.1, -0.05) is 32.1 Å². The fourth-order valence-corrected chi connectivity index (χ4v) is 2.88. The highest BCUT2D eigenvalue weighted by atomic mass is 16.4. The maximum atomic E-state index is 11.5. The van der Waals surface area contributed by atoms with E-state index in [4.69, 9.17) is 0 Å². The lowest BCUT2D eigenvalue weighted by molar-refractivity contribution is -0.154. The summed E-state index contributed by atoms with van der Waals surface area (Å²) in [6, 6.07) is 0. The molecule has 0 radical (unpaired) electrons. The van der Waals surface area contributed by atoms with Crippen LogP contribution in [0.1, 0.15) is 65.2 Å². The monoisotopic (exact) mass is 228 g/mol. The van der Waals surface area contributed by atoms with E-state index in [1.807, 2.05) is 0 Å². The molecule has 0 aliphatic heterocycles. The predicted octanol–water partition coefficient (Wildman–Crippen LogP) is 2.96. The van der Waals surface area contributed by atoms with Crippen molar-refractivity contribution in [2.75, 3.05) is 0 Å². The second kappa shape index (κ2) is 5.17. The zero-order chi connectivity index (χ0) is 12.2. The van der Waals surface area contributed by atoms with Gasteiger partial charge in [0.1, 0.15) is 0 Å². The Morgan fingerprint density at radius 3 is 1.94 bits per heavy atom. The Labute approximate surface area is 97.9 Å². The molecule has 0 spiro atoms. The largest absolute Gasteiger partial charge is 0.481 e. The molecular formula is C13H24O3. The zero-order valence-electron chi connectivity index (χ0n) is 10.5. The first-order valence-electron chi connectivity index (χ1n) is 6.32. The molecule has 1 rings (SSSR count). The van der Waals surface area contributed by atoms with Gasteiger partial charge in [0, 0.05) is 0 Å². The van der Waals surface area contributed by atoms with Gasteiger partial charge in [0.2, 0.25) is 0 Å². The molecular weight excluding hydrogens is 204 g/mol. The van der Waals surface area contributed by atoms with Gasteiger partial charge in [0.25, 0.3) is 0 Å². The summed E-state index contributed by atoms with van der Waals surface area (Å²) in [6.07, 6.45) is 7.22. The second-order valence-electron chi connectivity index (χ2n) is 5.84. The van der Waals surface area contributed by atoms with Crippen LogP contribution in [0.15, 0.2) is 0 Å². The van der Waals surface area contributed by atoms with Crippen LogP contribution in [0.5, 0.6) is 0 Å². The average Bonchev–Trinajstić information content (AvgIpc) is 2.07. The Balaban J connectivity index is 2.79. The third-order valence-electron chi connectivity index (χ3n) is 3.54. The van der Waals surface area contributed by atoms with E-state index < -0.39 is 17.0 Å². The number of carboxylic acid groups (broad SMARTS) is 1. The van der Waals surface area contributed by atoms with Crippen molar-refractivity contribution in [2.45, 2.75) is 70.8 Å². The number of carbonyl (C=O) groups is 1. The quantitative estimate of drug-likeness (QED) is 0.780. The van der Waals surface area contributed by atoms with Gasteiger partial charge in [0.15, 0.2) is 0 Å². The Morgan fingerprint density at radius 2 is 1.56 bits per heavy atom. The maximum Gasteiger partial charge on any atom is 0.309 e. The summed E-state index contributed by atoms with van der Waals surface area (Å²) in [7, 11) is 0. The predicted molar refractivity (Wildman–Crippen MR) is 63.3 cm³/mol. The first-order valence-corrected chi connectivity index (χ1v) is 6.32. The van der Waals surface area contributed by atoms with Crippen molar-refractivity contribution in [3.8, 4) is 0 Å². The van der Waals surface area contributed by atoms with Gasteiger partial charge in [0.05, 0.1) is 11.0 Å². The summed E-state index contributed by atoms with van der Waals surface area (Å²) >= 11 is 0. The fraction of sp³-hybridized carbons (Fsp3) is 0.923. The molecule has 1 saturated carbocycles. The minimum atomic E-state index is -0.891. The lowest BCUT2D eigenvalue weighted by Gasteiger charge is -2.35. The molecule has 1 fully saturated rings. The molecule has 16 heavy (non-hydrogen) atoms. The molecule has 0 saturated heterocycles. The molecule has 0 heterocycles. The Hall–Kier alpha value is -0.570. The number of aliphatic carboxylic acids is 1. The summed E-state index contributed by atoms with van der Waals surface area (Å²) in [5.74, 6) is -0.725. The molecule has 3 heteroatoms. The van der Waals surface area contributed by atoms with Crippen molar-refractivity contribution in [1.82, 2.24) is 0 Å². The van der Waals surface area contributed by atoms with E-state index in [2.05, 4.69) is 0 Å². The molecule has 0 bridgehead atoms. The number of rotatable bonds is 3. The molecule has 0 unspecified atom stereocenters. The number of hydrogen-bond donors (Lipinski definition) is 2. The second-order valence-corrected chi connectivity index (χ2v) is 5.84. The standard InChI is InChI=1S/C13H24O3/c1-12(2,16)10-13(11(14)15)8-6-4-3-5-7-9-13/h16H,3-10H2,1-2H3,(H,14,15). The minimum absolute atomic E-state index is 0.370. The first kappa shape index (κ1) is 13.5. The minimum Gasteiger partial charge on any atom is -0.481 e. The third-order valence-corrected chi connectivity index (χ3v) is 3.54. The summed E-state index contributed by atoms with van der Waals surface area (Å²) in [6.45, 7) is 3.41. The van der Waals surface area contributed by atoms with Gasteiger partial charge >= 0.3 is 5.97 Å². The van der Waals surface area contributed by atoms with Crippen molar-refractivity contribution < 1.29 is 15.0 Å². The van der Waals surface area contributed by atoms with Crippen LogP contribution in [-0.4, -0.2) is 21.8 Å². The Bertz CT molecular complexity index is 232. The van der Waals surface area contributed by atoms with Crippen LogP contribution >= 0.6 is 0 Å². The molecule has 0 aromatic carbocycles. The SMILES string of the molecule is CC(C)(O)CC1(C(=O)O)CCCCCCC1. The van der Waals surface area contributed by atoms with Crippen LogP contribution in [0.2, 0.25) is 0 Å². The van der Waals surface area contributed by atoms with Gasteiger partial charge in [-0.25, -0.2) is 0 Å². The summed E-state index contributed by atoms with van der Waals surface area (Å²) in [5, 5.41) is 19.3. The Morgan fingerprint density at radius 1 is 1.12 bits per heavy atom. The molecule has 1 aliphatic rings. The van der Waals surface area contributed by atoms with Crippen molar-refractivity contribution in [1.29, 1.82) is 0 Å². The van der Waals surface area contributed by atoms with Gasteiger partial charge in [-0.15, -0.1) is 0 Å². The average molecular weight is 228 g/mol. The summed E-state index contributed by atoms with van der Waals surface area (Å²) < 4.78 is 0. The Kier molecular flexibility index (Phi) is 4.36. The zero-order valence-corrected chi connectivity index (χ0v) is 10.5. The van der Waals surface area contributed by atoms with E-state index in [-0.39, 0.29) is 0 Å². The van der Waals surface area contributed by atoms with Crippen LogP contribution < -0.4 is 0 Å². The van der Waals surface area contributed by atoms with E-state index in [9.17, 15) is 15.0 Å². The van der Waals surface area contributed by atoms with E-state index in [0.29, 0.717) is 19.3 Å². The van der Waals surface area contributed by atoms with Crippen LogP contribution in [0.25, 0.3) is 0 Å². The molecule has 0 amide bonds. The third kappa shape index (κ3) is 3.78. The van der Waals surface area contributed by atoms with Crippen LogP contribution in [0, 0.1) is 5.41 Å². The highest BCUT2D eigenvalue weighted by molar-refractivity contribution is 5.74. The van der Waals surface area contributed by atoms with Crippen LogP contribution in [0.4, 0.5) is 0 Å². The van der Waals surface area contributed by atoms with E-state index >= 15 is 0 Å². The normalized spacial score (nSPS) is 22.2.